The van der Waals surface area contributed by atoms with Crippen LogP contribution in [0.5, 0.6) is 5.75 Å². The van der Waals surface area contributed by atoms with Crippen LogP contribution in [0.15, 0.2) is 53.9 Å². The molecule has 1 aliphatic rings. The maximum absolute atomic E-state index is 12.3. The Balaban J connectivity index is 1.57. The van der Waals surface area contributed by atoms with Crippen molar-refractivity contribution in [2.75, 3.05) is 17.3 Å². The van der Waals surface area contributed by atoms with Crippen LogP contribution >= 0.6 is 11.3 Å². The zero-order chi connectivity index (χ0) is 19.0. The molecule has 136 valence electrons. The summed E-state index contributed by atoms with van der Waals surface area (Å²) in [4.78, 5) is 30.5. The largest absolute Gasteiger partial charge is 0.479 e. The van der Waals surface area contributed by atoms with Crippen molar-refractivity contribution in [3.63, 3.8) is 0 Å². The summed E-state index contributed by atoms with van der Waals surface area (Å²) in [5.74, 6) is 0.379. The number of ether oxygens (including phenoxy) is 1. The predicted octanol–water partition coefficient (Wildman–Crippen LogP) is 3.81. The summed E-state index contributed by atoms with van der Waals surface area (Å²) < 4.78 is 5.65. The van der Waals surface area contributed by atoms with Crippen molar-refractivity contribution in [1.29, 1.82) is 0 Å². The zero-order valence-corrected chi connectivity index (χ0v) is 15.6. The first-order valence-corrected chi connectivity index (χ1v) is 9.31. The fourth-order valence-corrected chi connectivity index (χ4v) is 3.61. The molecule has 1 aromatic heterocycles. The fraction of sp³-hybridized carbons (Fsp3) is 0.150. The molecule has 1 atom stereocenters. The molecule has 0 aliphatic carbocycles. The highest BCUT2D eigenvalue weighted by molar-refractivity contribution is 7.14. The highest BCUT2D eigenvalue weighted by Crippen LogP contribution is 2.37. The molecular formula is C20H17N3O3S. The minimum Gasteiger partial charge on any atom is -0.479 e. The molecule has 7 heteroatoms. The summed E-state index contributed by atoms with van der Waals surface area (Å²) >= 11 is 1.35. The third-order valence-corrected chi connectivity index (χ3v) is 5.12. The van der Waals surface area contributed by atoms with Gasteiger partial charge in [-0.1, -0.05) is 18.2 Å². The van der Waals surface area contributed by atoms with E-state index in [9.17, 15) is 9.59 Å². The van der Waals surface area contributed by atoms with Gasteiger partial charge in [0, 0.05) is 23.6 Å². The molecule has 2 heterocycles. The summed E-state index contributed by atoms with van der Waals surface area (Å²) in [5, 5.41) is 5.20. The van der Waals surface area contributed by atoms with Crippen LogP contribution in [-0.2, 0) is 4.79 Å². The van der Waals surface area contributed by atoms with Crippen molar-refractivity contribution in [3.8, 4) is 17.0 Å². The molecule has 6 nitrogen and oxygen atoms in total. The number of thiazole rings is 1. The van der Waals surface area contributed by atoms with Gasteiger partial charge in [0.25, 0.3) is 11.8 Å². The van der Waals surface area contributed by atoms with Crippen LogP contribution in [0.4, 0.5) is 10.8 Å². The molecule has 0 spiro atoms. The normalized spacial score (nSPS) is 15.9. The number of carbonyl (C=O) groups excluding carboxylic acids is 2. The highest BCUT2D eigenvalue weighted by atomic mass is 32.1. The number of rotatable bonds is 3. The number of hydrogen-bond donors (Lipinski definition) is 1. The molecule has 0 fully saturated rings. The lowest BCUT2D eigenvalue weighted by Crippen LogP contribution is -2.41. The van der Waals surface area contributed by atoms with Crippen molar-refractivity contribution in [1.82, 2.24) is 4.98 Å². The second-order valence-corrected chi connectivity index (χ2v) is 7.06. The quantitative estimate of drug-likeness (QED) is 0.751. The summed E-state index contributed by atoms with van der Waals surface area (Å²) in [6.07, 6.45) is -0.493. The molecule has 2 aromatic carbocycles. The molecule has 0 unspecified atom stereocenters. The van der Waals surface area contributed by atoms with Crippen molar-refractivity contribution in [2.45, 2.75) is 13.0 Å². The summed E-state index contributed by atoms with van der Waals surface area (Å²) in [5.41, 5.74) is 2.86. The van der Waals surface area contributed by atoms with Gasteiger partial charge in [-0.25, -0.2) is 4.98 Å². The van der Waals surface area contributed by atoms with E-state index in [1.165, 1.54) is 11.3 Å². The molecule has 0 bridgehead atoms. The molecule has 27 heavy (non-hydrogen) atoms. The second-order valence-electron chi connectivity index (χ2n) is 6.20. The molecule has 0 saturated heterocycles. The van der Waals surface area contributed by atoms with Crippen molar-refractivity contribution in [3.05, 3.63) is 59.5 Å². The van der Waals surface area contributed by atoms with Crippen LogP contribution in [0.1, 0.15) is 17.3 Å². The highest BCUT2D eigenvalue weighted by Gasteiger charge is 2.29. The van der Waals surface area contributed by atoms with Crippen LogP contribution in [0, 0.1) is 0 Å². The molecule has 1 aliphatic heterocycles. The summed E-state index contributed by atoms with van der Waals surface area (Å²) in [7, 11) is 1.73. The standard InChI is InChI=1S/C20H17N3O3S/c1-12-19(25)23(2)16-10-14(8-9-17(16)26-12)15-11-27-20(21-15)22-18(24)13-6-4-3-5-7-13/h3-12H,1-2H3,(H,21,22,24)/t12-/m0/s1. The van der Waals surface area contributed by atoms with Crippen LogP contribution < -0.4 is 15.0 Å². The number of carbonyl (C=O) groups is 2. The van der Waals surface area contributed by atoms with E-state index in [0.717, 1.165) is 11.3 Å². The number of nitrogens with one attached hydrogen (secondary N) is 1. The number of amides is 2. The van der Waals surface area contributed by atoms with Gasteiger partial charge in [-0.15, -0.1) is 11.3 Å². The van der Waals surface area contributed by atoms with Gasteiger partial charge in [-0.2, -0.15) is 0 Å². The third kappa shape index (κ3) is 3.29. The van der Waals surface area contributed by atoms with E-state index in [4.69, 9.17) is 4.74 Å². The Morgan fingerprint density at radius 1 is 1.22 bits per heavy atom. The van der Waals surface area contributed by atoms with Crippen molar-refractivity contribution >= 4 is 34.0 Å². The Bertz CT molecular complexity index is 1020. The van der Waals surface area contributed by atoms with E-state index in [2.05, 4.69) is 10.3 Å². The van der Waals surface area contributed by atoms with E-state index in [1.54, 1.807) is 31.0 Å². The number of nitrogens with zero attached hydrogens (tertiary/aromatic N) is 2. The maximum Gasteiger partial charge on any atom is 0.267 e. The zero-order valence-electron chi connectivity index (χ0n) is 14.8. The minimum atomic E-state index is -0.493. The van der Waals surface area contributed by atoms with Crippen LogP contribution in [0.25, 0.3) is 11.3 Å². The van der Waals surface area contributed by atoms with E-state index in [1.807, 2.05) is 41.8 Å². The van der Waals surface area contributed by atoms with Gasteiger partial charge in [-0.05, 0) is 37.3 Å². The van der Waals surface area contributed by atoms with Gasteiger partial charge in [0.15, 0.2) is 11.2 Å². The maximum atomic E-state index is 12.3. The fourth-order valence-electron chi connectivity index (χ4n) is 2.89. The number of benzene rings is 2. The van der Waals surface area contributed by atoms with Gasteiger partial charge in [0.1, 0.15) is 5.75 Å². The molecule has 0 saturated carbocycles. The number of hydrogen-bond acceptors (Lipinski definition) is 5. The number of anilines is 2. The molecule has 1 N–H and O–H groups in total. The molecule has 4 rings (SSSR count). The lowest BCUT2D eigenvalue weighted by atomic mass is 10.1. The lowest BCUT2D eigenvalue weighted by Gasteiger charge is -2.30. The van der Waals surface area contributed by atoms with Crippen LogP contribution in [-0.4, -0.2) is 29.9 Å². The lowest BCUT2D eigenvalue weighted by molar-refractivity contribution is -0.125. The summed E-state index contributed by atoms with van der Waals surface area (Å²) in [6.45, 7) is 1.73. The number of fused-ring (bicyclic) bond motifs is 1. The number of aromatic nitrogens is 1. The minimum absolute atomic E-state index is 0.0891. The first-order valence-electron chi connectivity index (χ1n) is 8.43. The number of likely N-dealkylation sites (N-methyl/N-ethyl adjacent to an activating group) is 1. The van der Waals surface area contributed by atoms with Crippen molar-refractivity contribution in [2.24, 2.45) is 0 Å². The smallest absolute Gasteiger partial charge is 0.267 e. The summed E-state index contributed by atoms with van der Waals surface area (Å²) in [6, 6.07) is 14.6. The first kappa shape index (κ1) is 17.2. The average Bonchev–Trinajstić information content (AvgIpc) is 3.15. The van der Waals surface area contributed by atoms with E-state index in [-0.39, 0.29) is 11.8 Å². The molecule has 3 aromatic rings. The van der Waals surface area contributed by atoms with Crippen LogP contribution in [0.3, 0.4) is 0 Å². The SMILES string of the molecule is C[C@@H]1Oc2ccc(-c3csc(NC(=O)c4ccccc4)n3)cc2N(C)C1=O. The van der Waals surface area contributed by atoms with Gasteiger partial charge in [-0.3, -0.25) is 14.9 Å². The molecule has 0 radical (unpaired) electrons. The Morgan fingerprint density at radius 3 is 2.78 bits per heavy atom. The molecular weight excluding hydrogens is 362 g/mol. The van der Waals surface area contributed by atoms with E-state index in [0.29, 0.717) is 22.1 Å². The van der Waals surface area contributed by atoms with E-state index >= 15 is 0 Å². The van der Waals surface area contributed by atoms with Crippen LogP contribution in [0.2, 0.25) is 0 Å². The Hall–Kier alpha value is -3.19. The van der Waals surface area contributed by atoms with Gasteiger partial charge in [0.2, 0.25) is 0 Å². The van der Waals surface area contributed by atoms with Gasteiger partial charge in [0.05, 0.1) is 11.4 Å². The van der Waals surface area contributed by atoms with Gasteiger partial charge < -0.3 is 9.64 Å². The van der Waals surface area contributed by atoms with E-state index < -0.39 is 6.10 Å². The topological polar surface area (TPSA) is 71.5 Å². The third-order valence-electron chi connectivity index (χ3n) is 4.36. The Labute approximate surface area is 160 Å². The predicted molar refractivity (Wildman–Crippen MR) is 105 cm³/mol. The van der Waals surface area contributed by atoms with Crippen molar-refractivity contribution < 1.29 is 14.3 Å². The molecule has 2 amide bonds. The Kier molecular flexibility index (Phi) is 4.37. The van der Waals surface area contributed by atoms with Gasteiger partial charge >= 0.3 is 0 Å². The Morgan fingerprint density at radius 2 is 2.00 bits per heavy atom. The second kappa shape index (κ2) is 6.85. The first-order chi connectivity index (χ1) is 13.0. The average molecular weight is 379 g/mol. The monoisotopic (exact) mass is 379 g/mol.